The van der Waals surface area contributed by atoms with Crippen LogP contribution in [0.3, 0.4) is 0 Å². The van der Waals surface area contributed by atoms with Crippen LogP contribution in [0.15, 0.2) is 48.5 Å². The van der Waals surface area contributed by atoms with Gasteiger partial charge in [0, 0.05) is 0 Å². The van der Waals surface area contributed by atoms with Crippen molar-refractivity contribution in [1.29, 1.82) is 0 Å². The highest BCUT2D eigenvalue weighted by molar-refractivity contribution is 7.92. The maximum Gasteiger partial charge on any atom is 0.245 e. The fourth-order valence-corrected chi connectivity index (χ4v) is 3.25. The van der Waals surface area contributed by atoms with Crippen LogP contribution in [-0.2, 0) is 14.8 Å². The molecule has 0 aliphatic rings. The van der Waals surface area contributed by atoms with Crippen molar-refractivity contribution in [1.82, 2.24) is 0 Å². The summed E-state index contributed by atoms with van der Waals surface area (Å²) in [4.78, 5) is 12.3. The number of halogens is 1. The Bertz CT molecular complexity index is 854. The van der Waals surface area contributed by atoms with Crippen LogP contribution in [0, 0.1) is 0 Å². The minimum absolute atomic E-state index is 0.362. The van der Waals surface area contributed by atoms with Crippen LogP contribution in [-0.4, -0.2) is 33.7 Å². The van der Waals surface area contributed by atoms with Gasteiger partial charge in [0.05, 0.1) is 29.3 Å². The first-order chi connectivity index (χ1) is 12.3. The van der Waals surface area contributed by atoms with Gasteiger partial charge in [-0.15, -0.1) is 0 Å². The SMILES string of the molecule is CCCOc1ccc(N(CC(=O)Nc2ccccc2Cl)S(C)(=O)=O)cc1. The number of amides is 1. The van der Waals surface area contributed by atoms with Gasteiger partial charge < -0.3 is 10.1 Å². The second kappa shape index (κ2) is 8.91. The molecular formula is C18H21ClN2O4S. The minimum atomic E-state index is -3.65. The van der Waals surface area contributed by atoms with E-state index in [0.29, 0.717) is 28.8 Å². The second-order valence-corrected chi connectivity index (χ2v) is 7.95. The number of anilines is 2. The number of rotatable bonds is 8. The fraction of sp³-hybridized carbons (Fsp3) is 0.278. The first-order valence-electron chi connectivity index (χ1n) is 8.06. The van der Waals surface area contributed by atoms with Crippen LogP contribution >= 0.6 is 11.6 Å². The largest absolute Gasteiger partial charge is 0.494 e. The van der Waals surface area contributed by atoms with Crippen molar-refractivity contribution >= 4 is 38.9 Å². The Morgan fingerprint density at radius 3 is 2.38 bits per heavy atom. The fourth-order valence-electron chi connectivity index (χ4n) is 2.21. The molecule has 0 saturated carbocycles. The number of hydrogen-bond acceptors (Lipinski definition) is 4. The molecule has 1 amide bonds. The molecule has 2 aromatic rings. The average molecular weight is 397 g/mol. The Hall–Kier alpha value is -2.25. The molecule has 1 N–H and O–H groups in total. The summed E-state index contributed by atoms with van der Waals surface area (Å²) >= 11 is 6.01. The maximum atomic E-state index is 12.3. The van der Waals surface area contributed by atoms with Gasteiger partial charge >= 0.3 is 0 Å². The lowest BCUT2D eigenvalue weighted by Crippen LogP contribution is -2.37. The molecule has 0 fully saturated rings. The van der Waals surface area contributed by atoms with E-state index in [-0.39, 0.29) is 6.54 Å². The second-order valence-electron chi connectivity index (χ2n) is 5.64. The molecule has 0 saturated heterocycles. The van der Waals surface area contributed by atoms with Crippen molar-refractivity contribution in [2.24, 2.45) is 0 Å². The van der Waals surface area contributed by atoms with E-state index in [2.05, 4.69) is 5.32 Å². The molecule has 2 rings (SSSR count). The summed E-state index contributed by atoms with van der Waals surface area (Å²) in [5, 5.41) is 3.00. The van der Waals surface area contributed by atoms with Crippen molar-refractivity contribution in [2.45, 2.75) is 13.3 Å². The van der Waals surface area contributed by atoms with E-state index in [4.69, 9.17) is 16.3 Å². The molecule has 0 radical (unpaired) electrons. The van der Waals surface area contributed by atoms with Crippen LogP contribution in [0.1, 0.15) is 13.3 Å². The van der Waals surface area contributed by atoms with Crippen molar-refractivity contribution in [2.75, 3.05) is 29.0 Å². The molecule has 6 nitrogen and oxygen atoms in total. The maximum absolute atomic E-state index is 12.3. The van der Waals surface area contributed by atoms with Crippen molar-refractivity contribution in [3.05, 3.63) is 53.6 Å². The molecule has 0 aromatic heterocycles. The van der Waals surface area contributed by atoms with Crippen LogP contribution in [0.25, 0.3) is 0 Å². The minimum Gasteiger partial charge on any atom is -0.494 e. The molecule has 2 aromatic carbocycles. The monoisotopic (exact) mass is 396 g/mol. The van der Waals surface area contributed by atoms with Gasteiger partial charge in [-0.25, -0.2) is 8.42 Å². The lowest BCUT2D eigenvalue weighted by molar-refractivity contribution is -0.114. The smallest absolute Gasteiger partial charge is 0.245 e. The van der Waals surface area contributed by atoms with E-state index in [1.54, 1.807) is 48.5 Å². The predicted octanol–water partition coefficient (Wildman–Crippen LogP) is 3.53. The highest BCUT2D eigenvalue weighted by Crippen LogP contribution is 2.23. The molecule has 0 unspecified atom stereocenters. The number of sulfonamides is 1. The summed E-state index contributed by atoms with van der Waals surface area (Å²) in [5.74, 6) is 0.152. The predicted molar refractivity (Wildman–Crippen MR) is 104 cm³/mol. The number of para-hydroxylation sites is 1. The molecular weight excluding hydrogens is 376 g/mol. The van der Waals surface area contributed by atoms with Gasteiger partial charge in [-0.2, -0.15) is 0 Å². The number of carbonyl (C=O) groups excluding carboxylic acids is 1. The summed E-state index contributed by atoms with van der Waals surface area (Å²) in [7, 11) is -3.65. The zero-order chi connectivity index (χ0) is 19.2. The van der Waals surface area contributed by atoms with E-state index in [0.717, 1.165) is 17.0 Å². The number of carbonyl (C=O) groups is 1. The van der Waals surface area contributed by atoms with Gasteiger partial charge in [-0.3, -0.25) is 9.10 Å². The van der Waals surface area contributed by atoms with E-state index >= 15 is 0 Å². The summed E-state index contributed by atoms with van der Waals surface area (Å²) in [6.07, 6.45) is 1.93. The lowest BCUT2D eigenvalue weighted by Gasteiger charge is -2.22. The normalized spacial score (nSPS) is 11.0. The summed E-state index contributed by atoms with van der Waals surface area (Å²) in [6.45, 7) is 2.21. The Labute approximate surface area is 158 Å². The summed E-state index contributed by atoms with van der Waals surface area (Å²) < 4.78 is 30.8. The number of ether oxygens (including phenoxy) is 1. The van der Waals surface area contributed by atoms with Gasteiger partial charge in [-0.05, 0) is 42.8 Å². The number of hydrogen-bond donors (Lipinski definition) is 1. The average Bonchev–Trinajstić information content (AvgIpc) is 2.59. The molecule has 0 aliphatic heterocycles. The van der Waals surface area contributed by atoms with Gasteiger partial charge in [0.25, 0.3) is 0 Å². The van der Waals surface area contributed by atoms with Crippen molar-refractivity contribution in [3.63, 3.8) is 0 Å². The van der Waals surface area contributed by atoms with Gasteiger partial charge in [0.15, 0.2) is 0 Å². The Morgan fingerprint density at radius 1 is 1.15 bits per heavy atom. The zero-order valence-corrected chi connectivity index (χ0v) is 16.2. The molecule has 0 bridgehead atoms. The van der Waals surface area contributed by atoms with E-state index in [9.17, 15) is 13.2 Å². The highest BCUT2D eigenvalue weighted by atomic mass is 35.5. The third kappa shape index (κ3) is 5.64. The first kappa shape index (κ1) is 20.1. The molecule has 0 aliphatic carbocycles. The van der Waals surface area contributed by atoms with Crippen molar-refractivity contribution in [3.8, 4) is 5.75 Å². The number of nitrogens with zero attached hydrogens (tertiary/aromatic N) is 1. The zero-order valence-electron chi connectivity index (χ0n) is 14.6. The Balaban J connectivity index is 2.15. The van der Waals surface area contributed by atoms with Crippen LogP contribution in [0.5, 0.6) is 5.75 Å². The molecule has 0 heterocycles. The number of benzene rings is 2. The molecule has 8 heteroatoms. The molecule has 140 valence electrons. The molecule has 0 atom stereocenters. The van der Waals surface area contributed by atoms with Gasteiger partial charge in [-0.1, -0.05) is 30.7 Å². The topological polar surface area (TPSA) is 75.7 Å². The van der Waals surface area contributed by atoms with Gasteiger partial charge in [0.2, 0.25) is 15.9 Å². The van der Waals surface area contributed by atoms with E-state index in [1.165, 1.54) is 0 Å². The summed E-state index contributed by atoms with van der Waals surface area (Å²) in [5.41, 5.74) is 0.807. The third-order valence-electron chi connectivity index (χ3n) is 3.43. The lowest BCUT2D eigenvalue weighted by atomic mass is 10.3. The van der Waals surface area contributed by atoms with E-state index < -0.39 is 15.9 Å². The summed E-state index contributed by atoms with van der Waals surface area (Å²) in [6, 6.07) is 13.3. The quantitative estimate of drug-likeness (QED) is 0.740. The Kier molecular flexibility index (Phi) is 6.88. The van der Waals surface area contributed by atoms with E-state index in [1.807, 2.05) is 6.92 Å². The molecule has 26 heavy (non-hydrogen) atoms. The van der Waals surface area contributed by atoms with Crippen molar-refractivity contribution < 1.29 is 17.9 Å². The first-order valence-corrected chi connectivity index (χ1v) is 10.3. The Morgan fingerprint density at radius 2 is 1.81 bits per heavy atom. The van der Waals surface area contributed by atoms with Crippen LogP contribution in [0.4, 0.5) is 11.4 Å². The number of nitrogens with one attached hydrogen (secondary N) is 1. The van der Waals surface area contributed by atoms with Crippen LogP contribution < -0.4 is 14.4 Å². The molecule has 0 spiro atoms. The highest BCUT2D eigenvalue weighted by Gasteiger charge is 2.21. The van der Waals surface area contributed by atoms with Gasteiger partial charge in [0.1, 0.15) is 12.3 Å². The third-order valence-corrected chi connectivity index (χ3v) is 4.90. The van der Waals surface area contributed by atoms with Crippen LogP contribution in [0.2, 0.25) is 5.02 Å². The standard InChI is InChI=1S/C18H21ClN2O4S/c1-3-12-25-15-10-8-14(9-11-15)21(26(2,23)24)13-18(22)20-17-7-5-4-6-16(17)19/h4-11H,3,12-13H2,1-2H3,(H,20,22).